The van der Waals surface area contributed by atoms with Crippen molar-refractivity contribution in [3.05, 3.63) is 97.5 Å². The predicted octanol–water partition coefficient (Wildman–Crippen LogP) is 8.41. The van der Waals surface area contributed by atoms with E-state index in [0.717, 1.165) is 12.1 Å². The van der Waals surface area contributed by atoms with Gasteiger partial charge in [-0.3, -0.25) is 14.4 Å². The fourth-order valence-electron chi connectivity index (χ4n) is 4.68. The number of hydrogen-bond donors (Lipinski definition) is 1. The molecule has 1 aliphatic rings. The smallest absolute Gasteiger partial charge is 0.231 e. The van der Waals surface area contributed by atoms with Crippen molar-refractivity contribution < 1.29 is 27.9 Å². The zero-order valence-corrected chi connectivity index (χ0v) is 26.0. The highest BCUT2D eigenvalue weighted by Crippen LogP contribution is 2.65. The fraction of sp³-hybridized carbons (Fsp3) is 0.300. The van der Waals surface area contributed by atoms with Crippen molar-refractivity contribution in [3.8, 4) is 0 Å². The lowest BCUT2D eigenvalue weighted by Gasteiger charge is -2.13. The highest BCUT2D eigenvalue weighted by molar-refractivity contribution is 6.53. The molecule has 3 aromatic rings. The van der Waals surface area contributed by atoms with Crippen molar-refractivity contribution in [2.75, 3.05) is 11.9 Å². The maximum absolute atomic E-state index is 15.2. The van der Waals surface area contributed by atoms with Crippen LogP contribution < -0.4 is 5.32 Å². The van der Waals surface area contributed by atoms with Gasteiger partial charge in [-0.05, 0) is 61.4 Å². The van der Waals surface area contributed by atoms with E-state index in [4.69, 9.17) is 62.7 Å². The van der Waals surface area contributed by atoms with E-state index in [1.807, 2.05) is 0 Å². The molecule has 3 atom stereocenters. The Kier molecular flexibility index (Phi) is 10.2. The van der Waals surface area contributed by atoms with E-state index in [-0.39, 0.29) is 28.4 Å². The Bertz CT molecular complexity index is 1560. The number of halogens is 7. The van der Waals surface area contributed by atoms with Crippen molar-refractivity contribution in [2.24, 2.45) is 5.92 Å². The van der Waals surface area contributed by atoms with Gasteiger partial charge in [-0.15, -0.1) is 23.2 Å². The van der Waals surface area contributed by atoms with Crippen molar-refractivity contribution in [1.82, 2.24) is 0 Å². The molecule has 1 N–H and O–H groups in total. The first-order valence-electron chi connectivity index (χ1n) is 12.8. The summed E-state index contributed by atoms with van der Waals surface area (Å²) in [6, 6.07) is 11.2. The number of hydrogen-bond acceptors (Lipinski definition) is 4. The van der Waals surface area contributed by atoms with Crippen LogP contribution in [0.5, 0.6) is 0 Å². The van der Waals surface area contributed by atoms with Crippen LogP contribution in [0.3, 0.4) is 0 Å². The second-order valence-corrected chi connectivity index (χ2v) is 12.5. The van der Waals surface area contributed by atoms with Gasteiger partial charge in [0.1, 0.15) is 22.1 Å². The highest BCUT2D eigenvalue weighted by Gasteiger charge is 2.67. The first-order valence-corrected chi connectivity index (χ1v) is 14.7. The third-order valence-corrected chi connectivity index (χ3v) is 9.02. The van der Waals surface area contributed by atoms with Gasteiger partial charge in [-0.2, -0.15) is 0 Å². The van der Waals surface area contributed by atoms with Crippen LogP contribution in [0.15, 0.2) is 48.5 Å². The van der Waals surface area contributed by atoms with Gasteiger partial charge in [0.25, 0.3) is 0 Å². The van der Waals surface area contributed by atoms with E-state index in [9.17, 15) is 18.8 Å². The van der Waals surface area contributed by atoms with Gasteiger partial charge < -0.3 is 10.1 Å². The molecule has 222 valence electrons. The molecular formula is C30H24Cl5F2NO4. The molecule has 4 rings (SSSR count). The number of anilines is 1. The lowest BCUT2D eigenvalue weighted by atomic mass is 9.97. The average Bonchev–Trinajstić information content (AvgIpc) is 3.52. The van der Waals surface area contributed by atoms with Gasteiger partial charge in [0.05, 0.1) is 21.0 Å². The zero-order valence-electron chi connectivity index (χ0n) is 22.3. The third kappa shape index (κ3) is 6.93. The Balaban J connectivity index is 1.50. The second-order valence-electron chi connectivity index (χ2n) is 9.83. The van der Waals surface area contributed by atoms with Crippen molar-refractivity contribution >= 4 is 81.2 Å². The topological polar surface area (TPSA) is 72.5 Å². The molecule has 1 amide bonds. The molecule has 0 spiro atoms. The van der Waals surface area contributed by atoms with E-state index < -0.39 is 69.8 Å². The van der Waals surface area contributed by atoms with Crippen molar-refractivity contribution in [1.29, 1.82) is 0 Å². The summed E-state index contributed by atoms with van der Waals surface area (Å²) in [6.45, 7) is 3.47. The second kappa shape index (κ2) is 13.2. The summed E-state index contributed by atoms with van der Waals surface area (Å²) in [6.07, 6.45) is -1.84. The van der Waals surface area contributed by atoms with Crippen molar-refractivity contribution in [2.45, 2.75) is 43.0 Å². The SMILES string of the molecule is CCO[C@H](C)C(=O)Cc1c(F)ccc(CC(=O)c2cc(NC(=O)[C@H]3[C@H](c4ccc(Cl)c(Cl)c4)C3(Cl)Cl)ccc2Cl)c1F. The summed E-state index contributed by atoms with van der Waals surface area (Å²) in [5.74, 6) is -4.88. The minimum absolute atomic E-state index is 0.000580. The summed E-state index contributed by atoms with van der Waals surface area (Å²) >= 11 is 31.2. The predicted molar refractivity (Wildman–Crippen MR) is 161 cm³/mol. The van der Waals surface area contributed by atoms with Crippen LogP contribution in [0, 0.1) is 17.6 Å². The molecular weight excluding hydrogens is 654 g/mol. The van der Waals surface area contributed by atoms with Crippen LogP contribution >= 0.6 is 58.0 Å². The number of carbonyl (C=O) groups is 3. The largest absolute Gasteiger partial charge is 0.371 e. The number of amides is 1. The number of Topliss-reactive ketones (excluding diaryl/α,β-unsaturated/α-hetero) is 2. The highest BCUT2D eigenvalue weighted by atomic mass is 35.5. The van der Waals surface area contributed by atoms with Gasteiger partial charge in [0.2, 0.25) is 5.91 Å². The minimum atomic E-state index is -1.40. The number of ether oxygens (including phenoxy) is 1. The summed E-state index contributed by atoms with van der Waals surface area (Å²) in [5, 5.41) is 3.39. The van der Waals surface area contributed by atoms with Crippen molar-refractivity contribution in [3.63, 3.8) is 0 Å². The number of ketones is 2. The maximum atomic E-state index is 15.2. The van der Waals surface area contributed by atoms with Gasteiger partial charge in [-0.25, -0.2) is 8.78 Å². The summed E-state index contributed by atoms with van der Waals surface area (Å²) < 4.78 is 33.5. The van der Waals surface area contributed by atoms with E-state index in [1.165, 1.54) is 25.1 Å². The molecule has 0 bridgehead atoms. The molecule has 0 saturated heterocycles. The number of carbonyl (C=O) groups excluding carboxylic acids is 3. The molecule has 5 nitrogen and oxygen atoms in total. The fourth-order valence-corrected chi connectivity index (χ4v) is 6.04. The molecule has 0 aliphatic heterocycles. The number of benzene rings is 3. The number of rotatable bonds is 11. The first kappa shape index (κ1) is 32.6. The Morgan fingerprint density at radius 1 is 0.952 bits per heavy atom. The summed E-state index contributed by atoms with van der Waals surface area (Å²) in [5.41, 5.74) is 0.301. The first-order chi connectivity index (χ1) is 19.8. The molecule has 12 heteroatoms. The monoisotopic (exact) mass is 675 g/mol. The van der Waals surface area contributed by atoms with Crippen LogP contribution in [-0.2, 0) is 27.2 Å². The van der Waals surface area contributed by atoms with E-state index >= 15 is 4.39 Å². The molecule has 3 aromatic carbocycles. The normalized spacial score (nSPS) is 17.9. The Hall–Kier alpha value is -2.26. The van der Waals surface area contributed by atoms with Crippen LogP contribution in [0.2, 0.25) is 15.1 Å². The zero-order chi connectivity index (χ0) is 30.9. The molecule has 0 aromatic heterocycles. The minimum Gasteiger partial charge on any atom is -0.371 e. The Morgan fingerprint density at radius 2 is 1.64 bits per heavy atom. The van der Waals surface area contributed by atoms with Crippen LogP contribution in [0.4, 0.5) is 14.5 Å². The van der Waals surface area contributed by atoms with Gasteiger partial charge in [-0.1, -0.05) is 46.9 Å². The van der Waals surface area contributed by atoms with Gasteiger partial charge in [0.15, 0.2) is 11.6 Å². The quantitative estimate of drug-likeness (QED) is 0.163. The summed E-state index contributed by atoms with van der Waals surface area (Å²) in [4.78, 5) is 38.6. The number of alkyl halides is 2. The van der Waals surface area contributed by atoms with E-state index in [1.54, 1.807) is 25.1 Å². The molecule has 1 fully saturated rings. The number of nitrogens with one attached hydrogen (secondary N) is 1. The molecule has 1 saturated carbocycles. The molecule has 0 radical (unpaired) electrons. The molecule has 1 aliphatic carbocycles. The lowest BCUT2D eigenvalue weighted by molar-refractivity contribution is -0.128. The van der Waals surface area contributed by atoms with Gasteiger partial charge >= 0.3 is 0 Å². The standard InChI is InChI=1S/C30H24Cl5F2NO4/c1-3-42-14(2)24(39)13-19-23(36)9-5-16(28(19)37)11-25(40)18-12-17(6-8-20(18)31)38-29(41)27-26(30(27,34)35)15-4-7-21(32)22(33)10-15/h4-10,12,14,26-27H,3,11,13H2,1-2H3,(H,38,41)/t14-,26+,27-/m1/s1. The Labute approximate surface area is 266 Å². The third-order valence-electron chi connectivity index (χ3n) is 7.01. The van der Waals surface area contributed by atoms with Crippen LogP contribution in [0.1, 0.15) is 46.8 Å². The lowest BCUT2D eigenvalue weighted by Crippen LogP contribution is -2.24. The van der Waals surface area contributed by atoms with E-state index in [2.05, 4.69) is 5.32 Å². The molecule has 0 heterocycles. The van der Waals surface area contributed by atoms with E-state index in [0.29, 0.717) is 15.6 Å². The maximum Gasteiger partial charge on any atom is 0.231 e. The molecule has 42 heavy (non-hydrogen) atoms. The average molecular weight is 678 g/mol. The summed E-state index contributed by atoms with van der Waals surface area (Å²) in [7, 11) is 0. The van der Waals surface area contributed by atoms with Gasteiger partial charge in [0, 0.05) is 42.2 Å². The molecule has 0 unspecified atom stereocenters. The Morgan fingerprint density at radius 3 is 2.31 bits per heavy atom. The van der Waals surface area contributed by atoms with Crippen LogP contribution in [-0.4, -0.2) is 34.5 Å². The van der Waals surface area contributed by atoms with Crippen LogP contribution in [0.25, 0.3) is 0 Å².